The van der Waals surface area contributed by atoms with Crippen molar-refractivity contribution in [3.05, 3.63) is 54.4 Å². The van der Waals surface area contributed by atoms with Crippen molar-refractivity contribution in [3.63, 3.8) is 0 Å². The number of aromatic nitrogens is 1. The van der Waals surface area contributed by atoms with Gasteiger partial charge >= 0.3 is 0 Å². The minimum absolute atomic E-state index is 0.154. The van der Waals surface area contributed by atoms with E-state index in [1.165, 1.54) is 6.20 Å². The zero-order valence-electron chi connectivity index (χ0n) is 12.5. The second-order valence-electron chi connectivity index (χ2n) is 5.27. The first-order chi connectivity index (χ1) is 11.2. The molecule has 2 aromatic rings. The molecule has 0 aliphatic carbocycles. The molecule has 3 rings (SSSR count). The Morgan fingerprint density at radius 2 is 1.96 bits per heavy atom. The Kier molecular flexibility index (Phi) is 4.63. The van der Waals surface area contributed by atoms with E-state index in [9.17, 15) is 9.59 Å². The highest BCUT2D eigenvalue weighted by Gasteiger charge is 2.23. The van der Waals surface area contributed by atoms with Crippen molar-refractivity contribution in [3.8, 4) is 0 Å². The van der Waals surface area contributed by atoms with E-state index < -0.39 is 0 Å². The van der Waals surface area contributed by atoms with Crippen molar-refractivity contribution in [2.24, 2.45) is 0 Å². The number of nitrogens with zero attached hydrogens (tertiary/aromatic N) is 1. The van der Waals surface area contributed by atoms with Gasteiger partial charge in [-0.3, -0.25) is 14.6 Å². The summed E-state index contributed by atoms with van der Waals surface area (Å²) in [6, 6.07) is 10.4. The zero-order chi connectivity index (χ0) is 16.1. The lowest BCUT2D eigenvalue weighted by Gasteiger charge is -2.12. The Morgan fingerprint density at radius 1 is 1.13 bits per heavy atom. The second kappa shape index (κ2) is 7.02. The average molecular weight is 311 g/mol. The molecule has 0 saturated carbocycles. The first kappa shape index (κ1) is 15.2. The van der Waals surface area contributed by atoms with Gasteiger partial charge in [0.2, 0.25) is 0 Å². The van der Waals surface area contributed by atoms with Gasteiger partial charge in [-0.2, -0.15) is 0 Å². The predicted octanol–water partition coefficient (Wildman–Crippen LogP) is 2.45. The summed E-state index contributed by atoms with van der Waals surface area (Å²) in [4.78, 5) is 28.1. The van der Waals surface area contributed by atoms with Gasteiger partial charge in [0.05, 0.1) is 5.56 Å². The number of ether oxygens (including phenoxy) is 1. The number of hydrogen-bond acceptors (Lipinski definition) is 4. The molecule has 1 aliphatic heterocycles. The van der Waals surface area contributed by atoms with Crippen LogP contribution in [-0.4, -0.2) is 29.5 Å². The Morgan fingerprint density at radius 3 is 2.65 bits per heavy atom. The molecule has 118 valence electrons. The van der Waals surface area contributed by atoms with Crippen LogP contribution in [0.15, 0.2) is 48.8 Å². The molecule has 1 aliphatic rings. The third-order valence-corrected chi connectivity index (χ3v) is 3.53. The van der Waals surface area contributed by atoms with Crippen LogP contribution >= 0.6 is 0 Å². The third kappa shape index (κ3) is 3.92. The van der Waals surface area contributed by atoms with E-state index in [1.807, 2.05) is 0 Å². The molecule has 1 aromatic carbocycles. The van der Waals surface area contributed by atoms with Gasteiger partial charge in [-0.25, -0.2) is 0 Å². The molecule has 0 spiro atoms. The first-order valence-corrected chi connectivity index (χ1v) is 7.46. The number of pyridine rings is 1. The van der Waals surface area contributed by atoms with Crippen LogP contribution in [0, 0.1) is 0 Å². The lowest BCUT2D eigenvalue weighted by Crippen LogP contribution is -2.26. The van der Waals surface area contributed by atoms with Crippen LogP contribution in [0.2, 0.25) is 0 Å². The molecule has 1 atom stereocenters. The maximum absolute atomic E-state index is 12.1. The minimum atomic E-state index is -0.386. The largest absolute Gasteiger partial charge is 0.368 e. The van der Waals surface area contributed by atoms with Gasteiger partial charge in [0.15, 0.2) is 0 Å². The van der Waals surface area contributed by atoms with Crippen molar-refractivity contribution in [1.29, 1.82) is 0 Å². The number of benzene rings is 1. The summed E-state index contributed by atoms with van der Waals surface area (Å²) in [5, 5.41) is 5.59. The smallest absolute Gasteiger partial charge is 0.257 e. The topological polar surface area (TPSA) is 80.3 Å². The van der Waals surface area contributed by atoms with Gasteiger partial charge in [0.25, 0.3) is 11.8 Å². The van der Waals surface area contributed by atoms with E-state index in [2.05, 4.69) is 15.6 Å². The van der Waals surface area contributed by atoms with Crippen LogP contribution in [0.5, 0.6) is 0 Å². The average Bonchev–Trinajstić information content (AvgIpc) is 3.10. The summed E-state index contributed by atoms with van der Waals surface area (Å²) in [5.74, 6) is -0.404. The van der Waals surface area contributed by atoms with E-state index in [-0.39, 0.29) is 17.9 Å². The molecule has 23 heavy (non-hydrogen) atoms. The Hall–Kier alpha value is -2.73. The summed E-state index contributed by atoms with van der Waals surface area (Å²) < 4.78 is 5.35. The highest BCUT2D eigenvalue weighted by atomic mass is 16.5. The zero-order valence-corrected chi connectivity index (χ0v) is 12.5. The molecule has 0 bridgehead atoms. The van der Waals surface area contributed by atoms with Crippen molar-refractivity contribution in [2.75, 3.05) is 17.2 Å². The molecule has 6 heteroatoms. The van der Waals surface area contributed by atoms with Crippen LogP contribution in [0.1, 0.15) is 23.2 Å². The molecule has 6 nitrogen and oxygen atoms in total. The summed E-state index contributed by atoms with van der Waals surface area (Å²) in [6.45, 7) is 0.624. The minimum Gasteiger partial charge on any atom is -0.368 e. The Labute approximate surface area is 133 Å². The fourth-order valence-corrected chi connectivity index (χ4v) is 2.38. The fraction of sp³-hybridized carbons (Fsp3) is 0.235. The Bertz CT molecular complexity index is 697. The van der Waals surface area contributed by atoms with Gasteiger partial charge in [-0.15, -0.1) is 0 Å². The van der Waals surface area contributed by atoms with Crippen molar-refractivity contribution in [2.45, 2.75) is 18.9 Å². The van der Waals surface area contributed by atoms with Crippen molar-refractivity contribution >= 4 is 23.2 Å². The molecular weight excluding hydrogens is 294 g/mol. The maximum Gasteiger partial charge on any atom is 0.257 e. The highest BCUT2D eigenvalue weighted by molar-refractivity contribution is 6.04. The van der Waals surface area contributed by atoms with Crippen molar-refractivity contribution < 1.29 is 14.3 Å². The van der Waals surface area contributed by atoms with E-state index >= 15 is 0 Å². The summed E-state index contributed by atoms with van der Waals surface area (Å²) in [7, 11) is 0. The second-order valence-corrected chi connectivity index (χ2v) is 5.27. The standard InChI is InChI=1S/C17H17N3O3/c21-16(12-4-2-8-18-11-12)19-13-5-1-6-14(10-13)20-17(22)15-7-3-9-23-15/h1-2,4-6,8,10-11,15H,3,7,9H2,(H,19,21)(H,20,22). The molecule has 0 radical (unpaired) electrons. The molecule has 2 heterocycles. The van der Waals surface area contributed by atoms with Crippen LogP contribution in [0.3, 0.4) is 0 Å². The maximum atomic E-state index is 12.1. The van der Waals surface area contributed by atoms with E-state index in [1.54, 1.807) is 42.6 Å². The van der Waals surface area contributed by atoms with Crippen LogP contribution < -0.4 is 10.6 Å². The van der Waals surface area contributed by atoms with Gasteiger partial charge in [0.1, 0.15) is 6.10 Å². The Balaban J connectivity index is 1.65. The molecule has 1 fully saturated rings. The molecule has 1 aromatic heterocycles. The number of hydrogen-bond donors (Lipinski definition) is 2. The normalized spacial score (nSPS) is 16.8. The van der Waals surface area contributed by atoms with Gasteiger partial charge in [0, 0.05) is 30.4 Å². The lowest BCUT2D eigenvalue weighted by atomic mass is 10.2. The van der Waals surface area contributed by atoms with Crippen LogP contribution in [0.25, 0.3) is 0 Å². The number of nitrogens with one attached hydrogen (secondary N) is 2. The molecule has 2 amide bonds. The van der Waals surface area contributed by atoms with E-state index in [0.717, 1.165) is 12.8 Å². The third-order valence-electron chi connectivity index (χ3n) is 3.53. The van der Waals surface area contributed by atoms with Crippen LogP contribution in [-0.2, 0) is 9.53 Å². The SMILES string of the molecule is O=C(Nc1cccc(NC(=O)C2CCCO2)c1)c1cccnc1. The number of rotatable bonds is 4. The molecule has 1 saturated heterocycles. The van der Waals surface area contributed by atoms with Gasteiger partial charge < -0.3 is 15.4 Å². The van der Waals surface area contributed by atoms with E-state index in [4.69, 9.17) is 4.74 Å². The summed E-state index contributed by atoms with van der Waals surface area (Å²) >= 11 is 0. The quantitative estimate of drug-likeness (QED) is 0.909. The number of anilines is 2. The monoisotopic (exact) mass is 311 g/mol. The van der Waals surface area contributed by atoms with E-state index in [0.29, 0.717) is 23.5 Å². The predicted molar refractivity (Wildman–Crippen MR) is 86.2 cm³/mol. The van der Waals surface area contributed by atoms with Crippen LogP contribution in [0.4, 0.5) is 11.4 Å². The fourth-order valence-electron chi connectivity index (χ4n) is 2.38. The summed E-state index contributed by atoms with van der Waals surface area (Å²) in [5.41, 5.74) is 1.69. The molecule has 2 N–H and O–H groups in total. The number of carbonyl (C=O) groups excluding carboxylic acids is 2. The highest BCUT2D eigenvalue weighted by Crippen LogP contribution is 2.18. The number of carbonyl (C=O) groups is 2. The summed E-state index contributed by atoms with van der Waals surface area (Å²) in [6.07, 6.45) is 4.36. The number of amides is 2. The first-order valence-electron chi connectivity index (χ1n) is 7.46. The van der Waals surface area contributed by atoms with Gasteiger partial charge in [-0.05, 0) is 43.2 Å². The van der Waals surface area contributed by atoms with Gasteiger partial charge in [-0.1, -0.05) is 6.07 Å². The molecular formula is C17H17N3O3. The van der Waals surface area contributed by atoms with Crippen molar-refractivity contribution in [1.82, 2.24) is 4.98 Å². The lowest BCUT2D eigenvalue weighted by molar-refractivity contribution is -0.124. The molecule has 1 unspecified atom stereocenters.